The summed E-state index contributed by atoms with van der Waals surface area (Å²) in [5.41, 5.74) is -1.45. The molecule has 4 nitrogen and oxygen atoms in total. The highest BCUT2D eigenvalue weighted by atomic mass is 35.5. The monoisotopic (exact) mass is 246 g/mol. The van der Waals surface area contributed by atoms with Crippen LogP contribution in [0.1, 0.15) is 28.0 Å². The van der Waals surface area contributed by atoms with Crippen molar-refractivity contribution in [1.29, 1.82) is 5.26 Å². The highest BCUT2D eigenvalue weighted by Gasteiger charge is 2.25. The van der Waals surface area contributed by atoms with Gasteiger partial charge in [-0.1, -0.05) is 0 Å². The van der Waals surface area contributed by atoms with Crippen molar-refractivity contribution in [2.24, 2.45) is 0 Å². The Balaban J connectivity index is 3.58. The molecule has 1 rings (SSSR count). The Kier molecular flexibility index (Phi) is 3.74. The van der Waals surface area contributed by atoms with Crippen molar-refractivity contribution >= 4 is 16.8 Å². The lowest BCUT2D eigenvalue weighted by Crippen LogP contribution is -2.06. The molecule has 0 bridgehead atoms. The number of nitriles is 1. The predicted molar refractivity (Wildman–Crippen MR) is 50.6 cm³/mol. The van der Waals surface area contributed by atoms with Gasteiger partial charge in [-0.3, -0.25) is 4.79 Å². The molecule has 16 heavy (non-hydrogen) atoms. The van der Waals surface area contributed by atoms with Gasteiger partial charge >= 0.3 is 0 Å². The number of aromatic nitrogens is 1. The summed E-state index contributed by atoms with van der Waals surface area (Å²) >= 11 is 5.18. The number of hydrogen-bond donors (Lipinski definition) is 0. The second-order valence-electron chi connectivity index (χ2n) is 2.66. The molecule has 1 aromatic rings. The van der Waals surface area contributed by atoms with E-state index >= 15 is 0 Å². The van der Waals surface area contributed by atoms with Crippen molar-refractivity contribution in [3.8, 4) is 11.8 Å². The molecule has 0 aliphatic rings. The third-order valence-corrected chi connectivity index (χ3v) is 1.99. The van der Waals surface area contributed by atoms with Crippen molar-refractivity contribution < 1.29 is 18.3 Å². The third-order valence-electron chi connectivity index (χ3n) is 1.81. The average Bonchev–Trinajstić information content (AvgIpc) is 2.26. The minimum absolute atomic E-state index is 0.268. The minimum Gasteiger partial charge on any atom is -0.493 e. The SMILES string of the molecule is COc1c(C#N)ncc(C(F)F)c1C(=O)Cl. The topological polar surface area (TPSA) is 63.0 Å². The fraction of sp³-hybridized carbons (Fsp3) is 0.222. The molecule has 1 aromatic heterocycles. The van der Waals surface area contributed by atoms with E-state index in [0.29, 0.717) is 0 Å². The fourth-order valence-electron chi connectivity index (χ4n) is 1.15. The molecule has 0 unspecified atom stereocenters. The third kappa shape index (κ3) is 2.09. The van der Waals surface area contributed by atoms with E-state index in [-0.39, 0.29) is 11.4 Å². The van der Waals surface area contributed by atoms with Gasteiger partial charge in [0.15, 0.2) is 11.4 Å². The van der Waals surface area contributed by atoms with Gasteiger partial charge in [0, 0.05) is 6.20 Å². The van der Waals surface area contributed by atoms with Crippen LogP contribution in [-0.2, 0) is 0 Å². The van der Waals surface area contributed by atoms with Gasteiger partial charge in [0.2, 0.25) is 0 Å². The van der Waals surface area contributed by atoms with Crippen molar-refractivity contribution in [2.45, 2.75) is 6.43 Å². The largest absolute Gasteiger partial charge is 0.493 e. The van der Waals surface area contributed by atoms with Crippen molar-refractivity contribution in [3.63, 3.8) is 0 Å². The summed E-state index contributed by atoms with van der Waals surface area (Å²) in [4.78, 5) is 14.5. The minimum atomic E-state index is -2.92. The summed E-state index contributed by atoms with van der Waals surface area (Å²) in [5, 5.41) is 7.53. The zero-order valence-electron chi connectivity index (χ0n) is 8.00. The standard InChI is InChI=1S/C9H5ClF2N2O2/c1-16-7-5(2-13)14-3-4(9(11)12)6(7)8(10)15/h3,9H,1H3. The molecule has 1 heterocycles. The molecule has 0 aliphatic carbocycles. The van der Waals surface area contributed by atoms with Crippen LogP contribution in [0.5, 0.6) is 5.75 Å². The number of pyridine rings is 1. The smallest absolute Gasteiger partial charge is 0.266 e. The molecule has 0 spiro atoms. The maximum Gasteiger partial charge on any atom is 0.266 e. The van der Waals surface area contributed by atoms with E-state index < -0.39 is 22.8 Å². The number of carbonyl (C=O) groups excluding carboxylic acids is 1. The number of carbonyl (C=O) groups is 1. The lowest BCUT2D eigenvalue weighted by Gasteiger charge is -2.10. The van der Waals surface area contributed by atoms with E-state index in [1.165, 1.54) is 0 Å². The second kappa shape index (κ2) is 4.86. The molecule has 0 aliphatic heterocycles. The van der Waals surface area contributed by atoms with E-state index in [1.54, 1.807) is 6.07 Å². The lowest BCUT2D eigenvalue weighted by atomic mass is 10.1. The first-order valence-corrected chi connectivity index (χ1v) is 4.35. The Morgan fingerprint density at radius 2 is 2.31 bits per heavy atom. The lowest BCUT2D eigenvalue weighted by molar-refractivity contribution is 0.106. The van der Waals surface area contributed by atoms with Gasteiger partial charge < -0.3 is 4.74 Å². The zero-order chi connectivity index (χ0) is 12.3. The summed E-state index contributed by atoms with van der Waals surface area (Å²) in [7, 11) is 1.14. The average molecular weight is 247 g/mol. The summed E-state index contributed by atoms with van der Waals surface area (Å²) in [6.45, 7) is 0. The molecular weight excluding hydrogens is 242 g/mol. The first-order valence-electron chi connectivity index (χ1n) is 3.97. The molecule has 0 atom stereocenters. The van der Waals surface area contributed by atoms with Crippen molar-refractivity contribution in [3.05, 3.63) is 23.0 Å². The van der Waals surface area contributed by atoms with Crippen LogP contribution in [0.2, 0.25) is 0 Å². The van der Waals surface area contributed by atoms with E-state index in [0.717, 1.165) is 13.3 Å². The first-order chi connectivity index (χ1) is 7.52. The van der Waals surface area contributed by atoms with Crippen LogP contribution in [-0.4, -0.2) is 17.3 Å². The molecule has 0 radical (unpaired) electrons. The molecule has 0 N–H and O–H groups in total. The summed E-state index contributed by atoms with van der Waals surface area (Å²) < 4.78 is 29.8. The van der Waals surface area contributed by atoms with Crippen LogP contribution in [0.4, 0.5) is 8.78 Å². The van der Waals surface area contributed by atoms with Crippen LogP contribution >= 0.6 is 11.6 Å². The number of nitrogens with zero attached hydrogens (tertiary/aromatic N) is 2. The fourth-order valence-corrected chi connectivity index (χ4v) is 1.35. The van der Waals surface area contributed by atoms with Gasteiger partial charge in [-0.25, -0.2) is 13.8 Å². The number of rotatable bonds is 3. The maximum atomic E-state index is 12.6. The Morgan fingerprint density at radius 3 is 2.69 bits per heavy atom. The zero-order valence-corrected chi connectivity index (χ0v) is 8.76. The summed E-state index contributed by atoms with van der Waals surface area (Å²) in [5.74, 6) is -0.333. The molecule has 0 aromatic carbocycles. The number of hydrogen-bond acceptors (Lipinski definition) is 4. The highest BCUT2D eigenvalue weighted by molar-refractivity contribution is 6.68. The molecular formula is C9H5ClF2N2O2. The predicted octanol–water partition coefficient (Wildman–Crippen LogP) is 2.28. The van der Waals surface area contributed by atoms with E-state index in [4.69, 9.17) is 21.6 Å². The Bertz CT molecular complexity index is 471. The van der Waals surface area contributed by atoms with Gasteiger partial charge in [-0.05, 0) is 11.6 Å². The van der Waals surface area contributed by atoms with Gasteiger partial charge in [-0.2, -0.15) is 5.26 Å². The number of methoxy groups -OCH3 is 1. The molecule has 7 heteroatoms. The second-order valence-corrected chi connectivity index (χ2v) is 3.00. The molecule has 84 valence electrons. The summed E-state index contributed by atoms with van der Waals surface area (Å²) in [6, 6.07) is 1.62. The quantitative estimate of drug-likeness (QED) is 0.768. The van der Waals surface area contributed by atoms with Gasteiger partial charge in [0.1, 0.15) is 6.07 Å². The van der Waals surface area contributed by atoms with Crippen LogP contribution in [0.25, 0.3) is 0 Å². The van der Waals surface area contributed by atoms with Gasteiger partial charge in [0.05, 0.1) is 18.2 Å². The van der Waals surface area contributed by atoms with E-state index in [9.17, 15) is 13.6 Å². The number of ether oxygens (including phenoxy) is 1. The molecule has 0 amide bonds. The van der Waals surface area contributed by atoms with Crippen LogP contribution < -0.4 is 4.74 Å². The highest BCUT2D eigenvalue weighted by Crippen LogP contribution is 2.32. The molecule has 0 saturated carbocycles. The van der Waals surface area contributed by atoms with Crippen molar-refractivity contribution in [1.82, 2.24) is 4.98 Å². The summed E-state index contributed by atoms with van der Waals surface area (Å²) in [6.07, 6.45) is -2.19. The Labute approximate surface area is 94.4 Å². The maximum absolute atomic E-state index is 12.6. The van der Waals surface area contributed by atoms with Crippen molar-refractivity contribution in [2.75, 3.05) is 7.11 Å². The Morgan fingerprint density at radius 1 is 1.69 bits per heavy atom. The van der Waals surface area contributed by atoms with E-state index in [2.05, 4.69) is 4.98 Å². The molecule has 0 saturated heterocycles. The first kappa shape index (κ1) is 12.3. The van der Waals surface area contributed by atoms with Gasteiger partial charge in [0.25, 0.3) is 11.7 Å². The normalized spacial score (nSPS) is 10.0. The number of alkyl halides is 2. The van der Waals surface area contributed by atoms with Crippen LogP contribution in [0, 0.1) is 11.3 Å². The van der Waals surface area contributed by atoms with Gasteiger partial charge in [-0.15, -0.1) is 0 Å². The Hall–Kier alpha value is -1.74. The van der Waals surface area contributed by atoms with Crippen LogP contribution in [0.15, 0.2) is 6.20 Å². The van der Waals surface area contributed by atoms with Crippen LogP contribution in [0.3, 0.4) is 0 Å². The molecule has 0 fully saturated rings. The van der Waals surface area contributed by atoms with E-state index in [1.807, 2.05) is 0 Å². The number of halogens is 3.